The summed E-state index contributed by atoms with van der Waals surface area (Å²) in [6, 6.07) is 7.23. The van der Waals surface area contributed by atoms with Gasteiger partial charge in [0.15, 0.2) is 0 Å². The van der Waals surface area contributed by atoms with Crippen molar-refractivity contribution >= 4 is 35.3 Å². The fraction of sp³-hybridized carbons (Fsp3) is 0.190. The van der Waals surface area contributed by atoms with E-state index in [2.05, 4.69) is 5.32 Å². The summed E-state index contributed by atoms with van der Waals surface area (Å²) < 4.78 is 10.5. The zero-order chi connectivity index (χ0) is 23.4. The Morgan fingerprint density at radius 2 is 1.72 bits per heavy atom. The van der Waals surface area contributed by atoms with E-state index in [-0.39, 0.29) is 23.6 Å². The summed E-state index contributed by atoms with van der Waals surface area (Å²) in [4.78, 5) is 48.7. The number of ether oxygens (including phenoxy) is 2. The van der Waals surface area contributed by atoms with Gasteiger partial charge in [-0.25, -0.2) is 9.69 Å². The van der Waals surface area contributed by atoms with Gasteiger partial charge in [-0.2, -0.15) is 0 Å². The molecule has 2 aromatic rings. The second kappa shape index (κ2) is 9.16. The van der Waals surface area contributed by atoms with Crippen LogP contribution in [-0.4, -0.2) is 36.0 Å². The fourth-order valence-corrected chi connectivity index (χ4v) is 3.01. The molecule has 3 rings (SSSR count). The van der Waals surface area contributed by atoms with E-state index >= 15 is 0 Å². The Morgan fingerprint density at radius 1 is 1.06 bits per heavy atom. The Bertz CT molecular complexity index is 1120. The number of barbiturate groups is 1. The van der Waals surface area contributed by atoms with Crippen LogP contribution >= 0.6 is 0 Å². The van der Waals surface area contributed by atoms with Crippen LogP contribution in [0.2, 0.25) is 0 Å². The van der Waals surface area contributed by atoms with Crippen molar-refractivity contribution in [3.8, 4) is 17.2 Å². The van der Waals surface area contributed by atoms with Crippen molar-refractivity contribution in [1.82, 2.24) is 5.32 Å². The van der Waals surface area contributed by atoms with Gasteiger partial charge in [0.25, 0.3) is 17.5 Å². The first-order valence-corrected chi connectivity index (χ1v) is 9.53. The summed E-state index contributed by atoms with van der Waals surface area (Å²) in [6.45, 7) is 3.90. The number of benzene rings is 2. The van der Waals surface area contributed by atoms with Gasteiger partial charge in [-0.05, 0) is 55.8 Å². The standard InChI is InChI=1S/C21H19N3O8/c1-3-31-14-7-5-13(6-8-14)23-20(27)15(19(26)22-21(23)28)9-12-10-16(24(29)30)18(25)17(11-12)32-4-2/h5-11,25H,3-4H2,1-2H3,(H,22,26,28)/p-1/b15-9-. The van der Waals surface area contributed by atoms with Gasteiger partial charge in [0.1, 0.15) is 17.1 Å². The monoisotopic (exact) mass is 440 g/mol. The molecule has 32 heavy (non-hydrogen) atoms. The highest BCUT2D eigenvalue weighted by molar-refractivity contribution is 6.39. The normalized spacial score (nSPS) is 15.0. The average Bonchev–Trinajstić information content (AvgIpc) is 2.74. The largest absolute Gasteiger partial charge is 0.865 e. The summed E-state index contributed by atoms with van der Waals surface area (Å²) in [5.41, 5.74) is -1.02. The lowest BCUT2D eigenvalue weighted by atomic mass is 10.1. The number of nitro benzene ring substituents is 1. The average molecular weight is 440 g/mol. The molecule has 1 N–H and O–H groups in total. The van der Waals surface area contributed by atoms with Gasteiger partial charge in [-0.1, -0.05) is 0 Å². The summed E-state index contributed by atoms with van der Waals surface area (Å²) >= 11 is 0. The molecule has 11 heteroatoms. The Kier molecular flexibility index (Phi) is 6.38. The van der Waals surface area contributed by atoms with E-state index in [1.807, 2.05) is 0 Å². The third kappa shape index (κ3) is 4.36. The molecule has 0 aliphatic carbocycles. The first-order chi connectivity index (χ1) is 15.3. The lowest BCUT2D eigenvalue weighted by Gasteiger charge is -2.26. The van der Waals surface area contributed by atoms with Crippen molar-refractivity contribution in [3.63, 3.8) is 0 Å². The van der Waals surface area contributed by atoms with Crippen LogP contribution in [0.25, 0.3) is 6.08 Å². The highest BCUT2D eigenvalue weighted by atomic mass is 16.6. The zero-order valence-electron chi connectivity index (χ0n) is 17.1. The number of rotatable bonds is 7. The smallest absolute Gasteiger partial charge is 0.335 e. The van der Waals surface area contributed by atoms with Crippen molar-refractivity contribution in [2.24, 2.45) is 0 Å². The summed E-state index contributed by atoms with van der Waals surface area (Å²) in [7, 11) is 0. The predicted octanol–water partition coefficient (Wildman–Crippen LogP) is 2.13. The molecule has 1 aliphatic rings. The van der Waals surface area contributed by atoms with E-state index in [4.69, 9.17) is 9.47 Å². The molecule has 0 bridgehead atoms. The molecule has 0 saturated carbocycles. The summed E-state index contributed by atoms with van der Waals surface area (Å²) in [6.07, 6.45) is 1.06. The van der Waals surface area contributed by atoms with Crippen LogP contribution in [0.15, 0.2) is 42.0 Å². The van der Waals surface area contributed by atoms with Gasteiger partial charge in [0.05, 0.1) is 23.8 Å². The van der Waals surface area contributed by atoms with Crippen molar-refractivity contribution in [1.29, 1.82) is 0 Å². The quantitative estimate of drug-likeness (QED) is 0.298. The Morgan fingerprint density at radius 3 is 2.31 bits per heavy atom. The second-order valence-corrected chi connectivity index (χ2v) is 6.44. The number of nitro groups is 1. The van der Waals surface area contributed by atoms with E-state index in [1.54, 1.807) is 26.0 Å². The van der Waals surface area contributed by atoms with Crippen LogP contribution in [0.3, 0.4) is 0 Å². The summed E-state index contributed by atoms with van der Waals surface area (Å²) in [5, 5.41) is 25.4. The number of amides is 4. The first-order valence-electron chi connectivity index (χ1n) is 9.53. The van der Waals surface area contributed by atoms with Gasteiger partial charge in [-0.15, -0.1) is 0 Å². The number of anilines is 1. The molecule has 4 amide bonds. The number of nitrogens with one attached hydrogen (secondary N) is 1. The highest BCUT2D eigenvalue weighted by Gasteiger charge is 2.37. The lowest BCUT2D eigenvalue weighted by Crippen LogP contribution is -2.54. The topological polar surface area (TPSA) is 151 Å². The number of hydrogen-bond acceptors (Lipinski definition) is 8. The lowest BCUT2D eigenvalue weighted by molar-refractivity contribution is -0.398. The molecule has 1 aliphatic heterocycles. The van der Waals surface area contributed by atoms with E-state index in [9.17, 15) is 29.6 Å². The van der Waals surface area contributed by atoms with Crippen LogP contribution in [0.1, 0.15) is 19.4 Å². The number of carbonyl (C=O) groups excluding carboxylic acids is 3. The van der Waals surface area contributed by atoms with Gasteiger partial charge < -0.3 is 14.6 Å². The molecular weight excluding hydrogens is 422 g/mol. The van der Waals surface area contributed by atoms with Crippen molar-refractivity contribution in [2.45, 2.75) is 13.8 Å². The maximum absolute atomic E-state index is 13.0. The second-order valence-electron chi connectivity index (χ2n) is 6.44. The van der Waals surface area contributed by atoms with Gasteiger partial charge in [-0.3, -0.25) is 25.0 Å². The number of hydrogen-bond donors (Lipinski definition) is 1. The number of imide groups is 2. The van der Waals surface area contributed by atoms with Crippen molar-refractivity contribution < 1.29 is 33.9 Å². The van der Waals surface area contributed by atoms with E-state index in [0.717, 1.165) is 17.0 Å². The van der Waals surface area contributed by atoms with E-state index in [0.29, 0.717) is 12.4 Å². The van der Waals surface area contributed by atoms with Crippen molar-refractivity contribution in [2.75, 3.05) is 18.1 Å². The minimum atomic E-state index is -0.978. The molecule has 1 saturated heterocycles. The zero-order valence-corrected chi connectivity index (χ0v) is 17.1. The third-order valence-electron chi connectivity index (χ3n) is 4.37. The minimum Gasteiger partial charge on any atom is -0.865 e. The molecule has 0 spiro atoms. The van der Waals surface area contributed by atoms with Crippen LogP contribution < -0.4 is 24.8 Å². The molecule has 0 unspecified atom stereocenters. The van der Waals surface area contributed by atoms with Crippen molar-refractivity contribution in [3.05, 3.63) is 57.6 Å². The Hall–Kier alpha value is -4.41. The molecule has 0 atom stereocenters. The molecular formula is C21H18N3O8-. The number of carbonyl (C=O) groups is 3. The van der Waals surface area contributed by atoms with Gasteiger partial charge in [0.2, 0.25) is 0 Å². The van der Waals surface area contributed by atoms with Gasteiger partial charge in [0, 0.05) is 11.8 Å². The maximum Gasteiger partial charge on any atom is 0.335 e. The maximum atomic E-state index is 13.0. The summed E-state index contributed by atoms with van der Waals surface area (Å²) in [5.74, 6) is -2.61. The Balaban J connectivity index is 2.03. The SMILES string of the molecule is CCOc1ccc(N2C(=O)NC(=O)/C(=C/c3cc(OCC)c([O-])c([N+](=O)[O-])c3)C2=O)cc1. The molecule has 166 valence electrons. The molecule has 1 heterocycles. The first kappa shape index (κ1) is 22.3. The van der Waals surface area contributed by atoms with Crippen LogP contribution in [0.4, 0.5) is 16.2 Å². The van der Waals surface area contributed by atoms with E-state index < -0.39 is 39.8 Å². The Labute approximate surface area is 182 Å². The van der Waals surface area contributed by atoms with E-state index in [1.165, 1.54) is 18.2 Å². The van der Waals surface area contributed by atoms with Gasteiger partial charge >= 0.3 is 6.03 Å². The minimum absolute atomic E-state index is 0.0132. The fourth-order valence-electron chi connectivity index (χ4n) is 3.01. The highest BCUT2D eigenvalue weighted by Crippen LogP contribution is 2.36. The van der Waals surface area contributed by atoms with Crippen LogP contribution in [0, 0.1) is 10.1 Å². The molecule has 0 radical (unpaired) electrons. The van der Waals surface area contributed by atoms with Crippen LogP contribution in [-0.2, 0) is 9.59 Å². The number of nitrogens with zero attached hydrogens (tertiary/aromatic N) is 2. The van der Waals surface area contributed by atoms with Crippen LogP contribution in [0.5, 0.6) is 17.2 Å². The third-order valence-corrected chi connectivity index (χ3v) is 4.37. The molecule has 2 aromatic carbocycles. The number of urea groups is 1. The predicted molar refractivity (Wildman–Crippen MR) is 110 cm³/mol. The molecule has 0 aromatic heterocycles. The molecule has 1 fully saturated rings. The molecule has 11 nitrogen and oxygen atoms in total.